The molecule has 132 valence electrons. The van der Waals surface area contributed by atoms with Crippen LogP contribution in [-0.4, -0.2) is 19.8 Å². The molecule has 0 atom stereocenters. The first-order valence-corrected chi connectivity index (χ1v) is 9.60. The number of anilines is 1. The number of hydrogen-bond acceptors (Lipinski definition) is 4. The van der Waals surface area contributed by atoms with Gasteiger partial charge >= 0.3 is 0 Å². The topological polar surface area (TPSA) is 72.5 Å². The summed E-state index contributed by atoms with van der Waals surface area (Å²) in [6, 6.07) is 11.4. The highest BCUT2D eigenvalue weighted by Crippen LogP contribution is 2.34. The van der Waals surface area contributed by atoms with Crippen LogP contribution in [0, 0.1) is 0 Å². The van der Waals surface area contributed by atoms with Gasteiger partial charge in [-0.05, 0) is 69.5 Å². The number of hydrogen-bond donors (Lipinski definition) is 1. The van der Waals surface area contributed by atoms with Crippen LogP contribution in [0.1, 0.15) is 43.1 Å². The van der Waals surface area contributed by atoms with Gasteiger partial charge in [-0.3, -0.25) is 9.52 Å². The third-order valence-electron chi connectivity index (χ3n) is 4.25. The van der Waals surface area contributed by atoms with Crippen LogP contribution in [0.15, 0.2) is 47.4 Å². The molecule has 0 saturated carbocycles. The van der Waals surface area contributed by atoms with Crippen LogP contribution in [0.3, 0.4) is 0 Å². The lowest BCUT2D eigenvalue weighted by Gasteiger charge is -2.32. The van der Waals surface area contributed by atoms with Gasteiger partial charge in [0.1, 0.15) is 11.4 Å². The van der Waals surface area contributed by atoms with E-state index in [0.717, 1.165) is 24.2 Å². The van der Waals surface area contributed by atoms with Gasteiger partial charge in [0.2, 0.25) is 0 Å². The molecule has 0 spiro atoms. The molecule has 0 aliphatic carbocycles. The van der Waals surface area contributed by atoms with Gasteiger partial charge in [0.15, 0.2) is 5.78 Å². The van der Waals surface area contributed by atoms with Crippen molar-refractivity contribution in [2.24, 2.45) is 0 Å². The molecule has 1 heterocycles. The van der Waals surface area contributed by atoms with Gasteiger partial charge in [0.25, 0.3) is 10.0 Å². The second kappa shape index (κ2) is 6.19. The van der Waals surface area contributed by atoms with Gasteiger partial charge < -0.3 is 4.74 Å². The average molecular weight is 359 g/mol. The van der Waals surface area contributed by atoms with E-state index in [4.69, 9.17) is 4.74 Å². The number of nitrogens with one attached hydrogen (secondary N) is 1. The highest BCUT2D eigenvalue weighted by Gasteiger charge is 2.27. The molecule has 0 bridgehead atoms. The Kier molecular flexibility index (Phi) is 4.33. The number of Topliss-reactive ketones (excluding diaryl/α,β-unsaturated/α-hetero) is 1. The Labute approximate surface area is 148 Å². The molecular weight excluding hydrogens is 338 g/mol. The van der Waals surface area contributed by atoms with Crippen LogP contribution >= 0.6 is 0 Å². The first-order chi connectivity index (χ1) is 11.7. The number of carbonyl (C=O) groups is 1. The van der Waals surface area contributed by atoms with Gasteiger partial charge in [-0.2, -0.15) is 0 Å². The number of aryl methyl sites for hydroxylation is 1. The first kappa shape index (κ1) is 17.5. The molecule has 5 nitrogen and oxygen atoms in total. The zero-order valence-electron chi connectivity index (χ0n) is 14.5. The van der Waals surface area contributed by atoms with Crippen molar-refractivity contribution < 1.29 is 17.9 Å². The number of fused-ring (bicyclic) bond motifs is 1. The lowest BCUT2D eigenvalue weighted by molar-refractivity contribution is 0.0845. The largest absolute Gasteiger partial charge is 0.488 e. The predicted molar refractivity (Wildman–Crippen MR) is 96.7 cm³/mol. The van der Waals surface area contributed by atoms with E-state index in [1.54, 1.807) is 30.3 Å². The van der Waals surface area contributed by atoms with Gasteiger partial charge in [-0.15, -0.1) is 0 Å². The fraction of sp³-hybridized carbons (Fsp3) is 0.316. The van der Waals surface area contributed by atoms with Crippen LogP contribution in [0.4, 0.5) is 5.69 Å². The molecule has 0 unspecified atom stereocenters. The summed E-state index contributed by atoms with van der Waals surface area (Å²) < 4.78 is 33.7. The monoisotopic (exact) mass is 359 g/mol. The van der Waals surface area contributed by atoms with Crippen LogP contribution in [0.2, 0.25) is 0 Å². The lowest BCUT2D eigenvalue weighted by atomic mass is 9.94. The number of benzene rings is 2. The quantitative estimate of drug-likeness (QED) is 0.843. The summed E-state index contributed by atoms with van der Waals surface area (Å²) in [5, 5.41) is 0. The normalized spacial score (nSPS) is 15.8. The number of rotatable bonds is 4. The van der Waals surface area contributed by atoms with Gasteiger partial charge in [-0.1, -0.05) is 12.1 Å². The zero-order valence-corrected chi connectivity index (χ0v) is 15.3. The van der Waals surface area contributed by atoms with Crippen molar-refractivity contribution in [1.82, 2.24) is 0 Å². The van der Waals surface area contributed by atoms with E-state index in [0.29, 0.717) is 11.3 Å². The highest BCUT2D eigenvalue weighted by atomic mass is 32.2. The van der Waals surface area contributed by atoms with Gasteiger partial charge in [0.05, 0.1) is 4.90 Å². The van der Waals surface area contributed by atoms with Crippen molar-refractivity contribution >= 4 is 21.5 Å². The molecule has 2 aromatic carbocycles. The molecule has 25 heavy (non-hydrogen) atoms. The standard InChI is InChI=1S/C19H21NO4S/c1-13(21)14-5-4-6-16(11-14)20-25(22,23)17-7-8-18-15(12-17)9-10-19(2,3)24-18/h4-8,11-12,20H,9-10H2,1-3H3. The Morgan fingerprint density at radius 2 is 1.92 bits per heavy atom. The van der Waals surface area contributed by atoms with Crippen molar-refractivity contribution in [3.63, 3.8) is 0 Å². The molecule has 3 rings (SSSR count). The van der Waals surface area contributed by atoms with Gasteiger partial charge in [-0.25, -0.2) is 8.42 Å². The van der Waals surface area contributed by atoms with E-state index in [-0.39, 0.29) is 16.3 Å². The predicted octanol–water partition coefficient (Wildman–Crippen LogP) is 3.79. The smallest absolute Gasteiger partial charge is 0.261 e. The number of sulfonamides is 1. The number of ether oxygens (including phenoxy) is 1. The molecule has 0 amide bonds. The van der Waals surface area contributed by atoms with E-state index >= 15 is 0 Å². The summed E-state index contributed by atoms with van der Waals surface area (Å²) >= 11 is 0. The SMILES string of the molecule is CC(=O)c1cccc(NS(=O)(=O)c2ccc3c(c2)CCC(C)(C)O3)c1. The van der Waals surface area contributed by atoms with Crippen molar-refractivity contribution in [2.45, 2.75) is 44.1 Å². The minimum Gasteiger partial charge on any atom is -0.488 e. The fourth-order valence-electron chi connectivity index (χ4n) is 2.82. The molecule has 0 aromatic heterocycles. The highest BCUT2D eigenvalue weighted by molar-refractivity contribution is 7.92. The van der Waals surface area contributed by atoms with Crippen LogP contribution in [0.25, 0.3) is 0 Å². The van der Waals surface area contributed by atoms with E-state index in [1.165, 1.54) is 19.1 Å². The molecule has 6 heteroatoms. The summed E-state index contributed by atoms with van der Waals surface area (Å²) in [5.41, 5.74) is 1.47. The average Bonchev–Trinajstić information content (AvgIpc) is 2.53. The molecular formula is C19H21NO4S. The van der Waals surface area contributed by atoms with Crippen molar-refractivity contribution in [3.05, 3.63) is 53.6 Å². The van der Waals surface area contributed by atoms with Crippen LogP contribution in [-0.2, 0) is 16.4 Å². The van der Waals surface area contributed by atoms with Crippen molar-refractivity contribution in [2.75, 3.05) is 4.72 Å². The summed E-state index contributed by atoms with van der Waals surface area (Å²) in [7, 11) is -3.73. The minimum atomic E-state index is -3.73. The van der Waals surface area contributed by atoms with Crippen LogP contribution < -0.4 is 9.46 Å². The Balaban J connectivity index is 1.88. The summed E-state index contributed by atoms with van der Waals surface area (Å²) in [4.78, 5) is 11.6. The Morgan fingerprint density at radius 1 is 1.16 bits per heavy atom. The lowest BCUT2D eigenvalue weighted by Crippen LogP contribution is -2.32. The van der Waals surface area contributed by atoms with Crippen LogP contribution in [0.5, 0.6) is 5.75 Å². The molecule has 0 radical (unpaired) electrons. The third-order valence-corrected chi connectivity index (χ3v) is 5.63. The molecule has 1 aliphatic rings. The van der Waals surface area contributed by atoms with Crippen molar-refractivity contribution in [1.29, 1.82) is 0 Å². The number of ketones is 1. The maximum Gasteiger partial charge on any atom is 0.261 e. The van der Waals surface area contributed by atoms with E-state index in [1.807, 2.05) is 13.8 Å². The van der Waals surface area contributed by atoms with E-state index < -0.39 is 10.0 Å². The Bertz CT molecular complexity index is 932. The summed E-state index contributed by atoms with van der Waals surface area (Å²) in [6.45, 7) is 5.48. The van der Waals surface area contributed by atoms with E-state index in [9.17, 15) is 13.2 Å². The van der Waals surface area contributed by atoms with Crippen molar-refractivity contribution in [3.8, 4) is 5.75 Å². The van der Waals surface area contributed by atoms with E-state index in [2.05, 4.69) is 4.72 Å². The first-order valence-electron chi connectivity index (χ1n) is 8.12. The third kappa shape index (κ3) is 3.85. The fourth-order valence-corrected chi connectivity index (χ4v) is 3.92. The Morgan fingerprint density at radius 3 is 2.64 bits per heavy atom. The maximum absolute atomic E-state index is 12.7. The summed E-state index contributed by atoms with van der Waals surface area (Å²) in [5.74, 6) is 0.614. The maximum atomic E-state index is 12.7. The molecule has 0 saturated heterocycles. The second-order valence-electron chi connectivity index (χ2n) is 6.87. The number of carbonyl (C=O) groups excluding carboxylic acids is 1. The van der Waals surface area contributed by atoms with Gasteiger partial charge in [0, 0.05) is 11.3 Å². The molecule has 1 N–H and O–H groups in total. The minimum absolute atomic E-state index is 0.116. The second-order valence-corrected chi connectivity index (χ2v) is 8.56. The Hall–Kier alpha value is -2.34. The summed E-state index contributed by atoms with van der Waals surface area (Å²) in [6.07, 6.45) is 1.60. The molecule has 0 fully saturated rings. The zero-order chi connectivity index (χ0) is 18.2. The molecule has 2 aromatic rings. The molecule has 1 aliphatic heterocycles.